The van der Waals surface area contributed by atoms with E-state index in [9.17, 15) is 4.79 Å². The lowest BCUT2D eigenvalue weighted by molar-refractivity contribution is -0.137. The zero-order chi connectivity index (χ0) is 12.7. The van der Waals surface area contributed by atoms with Gasteiger partial charge in [-0.15, -0.1) is 0 Å². The van der Waals surface area contributed by atoms with Gasteiger partial charge in [-0.1, -0.05) is 58.8 Å². The van der Waals surface area contributed by atoms with E-state index in [0.29, 0.717) is 0 Å². The topological polar surface area (TPSA) is 26.3 Å². The molecular formula is C14H15IO2. The normalized spacial score (nSPS) is 10.3. The van der Waals surface area contributed by atoms with Crippen LogP contribution in [-0.2, 0) is 16.1 Å². The van der Waals surface area contributed by atoms with Crippen molar-refractivity contribution in [1.82, 2.24) is 0 Å². The van der Waals surface area contributed by atoms with Gasteiger partial charge in [-0.2, -0.15) is 0 Å². The number of hydrogen-bond acceptors (Lipinski definition) is 2. The van der Waals surface area contributed by atoms with Crippen molar-refractivity contribution < 1.29 is 9.53 Å². The summed E-state index contributed by atoms with van der Waals surface area (Å²) in [4.78, 5) is 11.4. The predicted molar refractivity (Wildman–Crippen MR) is 76.7 cm³/mol. The van der Waals surface area contributed by atoms with E-state index < -0.39 is 5.97 Å². The molecule has 17 heavy (non-hydrogen) atoms. The molecule has 0 amide bonds. The second-order valence-electron chi connectivity index (χ2n) is 4.33. The fourth-order valence-corrected chi connectivity index (χ4v) is 1.20. The van der Waals surface area contributed by atoms with Crippen LogP contribution in [0.25, 0.3) is 0 Å². The van der Waals surface area contributed by atoms with Crippen molar-refractivity contribution in [3.05, 3.63) is 35.9 Å². The Balaban J connectivity index is 2.46. The van der Waals surface area contributed by atoms with E-state index in [4.69, 9.17) is 4.74 Å². The van der Waals surface area contributed by atoms with Gasteiger partial charge in [-0.05, 0) is 19.4 Å². The molecule has 0 heterocycles. The SMILES string of the molecule is CC(C)(C#CC(=O)OCc1ccccc1)CI. The minimum Gasteiger partial charge on any atom is -0.451 e. The van der Waals surface area contributed by atoms with Gasteiger partial charge >= 0.3 is 5.97 Å². The number of halogens is 1. The third-order valence-electron chi connectivity index (χ3n) is 2.05. The molecule has 90 valence electrons. The van der Waals surface area contributed by atoms with Crippen molar-refractivity contribution in [3.8, 4) is 11.8 Å². The highest BCUT2D eigenvalue weighted by Crippen LogP contribution is 2.16. The molecule has 1 aromatic rings. The molecular weight excluding hydrogens is 327 g/mol. The van der Waals surface area contributed by atoms with Crippen LogP contribution in [0.1, 0.15) is 19.4 Å². The lowest BCUT2D eigenvalue weighted by atomic mass is 9.98. The maximum atomic E-state index is 11.4. The number of alkyl halides is 1. The lowest BCUT2D eigenvalue weighted by Gasteiger charge is -2.11. The fourth-order valence-electron chi connectivity index (χ4n) is 1.01. The standard InChI is InChI=1S/C14H15IO2/c1-14(2,11-15)9-8-13(16)17-10-12-6-4-3-5-7-12/h3-7H,10-11H2,1-2H3. The molecule has 1 aromatic carbocycles. The number of esters is 1. The van der Waals surface area contributed by atoms with E-state index in [-0.39, 0.29) is 12.0 Å². The van der Waals surface area contributed by atoms with Gasteiger partial charge in [0.05, 0.1) is 0 Å². The Morgan fingerprint density at radius 2 is 2.00 bits per heavy atom. The molecule has 0 aromatic heterocycles. The van der Waals surface area contributed by atoms with Crippen LogP contribution in [0.3, 0.4) is 0 Å². The van der Waals surface area contributed by atoms with E-state index in [1.807, 2.05) is 44.2 Å². The quantitative estimate of drug-likeness (QED) is 0.277. The molecule has 0 aliphatic rings. The Labute approximate surface area is 116 Å². The fraction of sp³-hybridized carbons (Fsp3) is 0.357. The molecule has 0 atom stereocenters. The zero-order valence-corrected chi connectivity index (χ0v) is 12.2. The minimum atomic E-state index is -0.466. The van der Waals surface area contributed by atoms with Crippen LogP contribution in [0.4, 0.5) is 0 Å². The summed E-state index contributed by atoms with van der Waals surface area (Å²) in [6.45, 7) is 4.27. The van der Waals surface area contributed by atoms with Gasteiger partial charge in [-0.25, -0.2) is 4.79 Å². The first kappa shape index (κ1) is 14.0. The Bertz CT molecular complexity index is 427. The van der Waals surface area contributed by atoms with E-state index in [2.05, 4.69) is 34.4 Å². The number of carbonyl (C=O) groups excluding carboxylic acids is 1. The van der Waals surface area contributed by atoms with Gasteiger partial charge in [0, 0.05) is 15.8 Å². The summed E-state index contributed by atoms with van der Waals surface area (Å²) in [6, 6.07) is 9.57. The predicted octanol–water partition coefficient (Wildman–Crippen LogP) is 3.19. The van der Waals surface area contributed by atoms with Crippen LogP contribution in [-0.4, -0.2) is 10.4 Å². The first-order valence-electron chi connectivity index (χ1n) is 5.33. The Morgan fingerprint density at radius 3 is 2.59 bits per heavy atom. The van der Waals surface area contributed by atoms with Gasteiger partial charge < -0.3 is 4.74 Å². The maximum absolute atomic E-state index is 11.4. The van der Waals surface area contributed by atoms with Gasteiger partial charge in [-0.3, -0.25) is 0 Å². The molecule has 0 aliphatic heterocycles. The summed E-state index contributed by atoms with van der Waals surface area (Å²) in [5.41, 5.74) is 0.822. The van der Waals surface area contributed by atoms with Crippen LogP contribution in [0.2, 0.25) is 0 Å². The third-order valence-corrected chi connectivity index (χ3v) is 3.96. The van der Waals surface area contributed by atoms with Gasteiger partial charge in [0.15, 0.2) is 0 Å². The highest BCUT2D eigenvalue weighted by molar-refractivity contribution is 14.1. The minimum absolute atomic E-state index is 0.147. The third kappa shape index (κ3) is 5.73. The summed E-state index contributed by atoms with van der Waals surface area (Å²) >= 11 is 2.25. The maximum Gasteiger partial charge on any atom is 0.384 e. The van der Waals surface area contributed by atoms with E-state index in [1.54, 1.807) is 0 Å². The molecule has 0 unspecified atom stereocenters. The van der Waals surface area contributed by atoms with Crippen molar-refractivity contribution in [3.63, 3.8) is 0 Å². The first-order chi connectivity index (χ1) is 8.03. The van der Waals surface area contributed by atoms with Gasteiger partial charge in [0.2, 0.25) is 0 Å². The number of ether oxygens (including phenoxy) is 1. The Morgan fingerprint density at radius 1 is 1.35 bits per heavy atom. The number of carbonyl (C=O) groups is 1. The van der Waals surface area contributed by atoms with Crippen molar-refractivity contribution >= 4 is 28.6 Å². The molecule has 0 bridgehead atoms. The number of rotatable bonds is 3. The van der Waals surface area contributed by atoms with Crippen molar-refractivity contribution in [2.24, 2.45) is 5.41 Å². The zero-order valence-electron chi connectivity index (χ0n) is 10.00. The molecule has 0 aliphatic carbocycles. The summed E-state index contributed by atoms with van der Waals surface area (Å²) in [5.74, 6) is 4.97. The van der Waals surface area contributed by atoms with Crippen LogP contribution in [0.15, 0.2) is 30.3 Å². The molecule has 1 rings (SSSR count). The highest BCUT2D eigenvalue weighted by atomic mass is 127. The molecule has 0 N–H and O–H groups in total. The van der Waals surface area contributed by atoms with E-state index >= 15 is 0 Å². The molecule has 0 saturated heterocycles. The van der Waals surface area contributed by atoms with E-state index in [1.165, 1.54) is 0 Å². The second kappa shape index (κ2) is 6.65. The Hall–Kier alpha value is -1.02. The first-order valence-corrected chi connectivity index (χ1v) is 6.86. The van der Waals surface area contributed by atoms with Crippen molar-refractivity contribution in [1.29, 1.82) is 0 Å². The Kier molecular flexibility index (Phi) is 5.49. The van der Waals surface area contributed by atoms with Crippen molar-refractivity contribution in [2.45, 2.75) is 20.5 Å². The van der Waals surface area contributed by atoms with Crippen LogP contribution in [0.5, 0.6) is 0 Å². The average molecular weight is 342 g/mol. The van der Waals surface area contributed by atoms with E-state index in [0.717, 1.165) is 9.99 Å². The summed E-state index contributed by atoms with van der Waals surface area (Å²) in [5, 5.41) is 0. The molecule has 0 saturated carbocycles. The van der Waals surface area contributed by atoms with Crippen molar-refractivity contribution in [2.75, 3.05) is 4.43 Å². The largest absolute Gasteiger partial charge is 0.451 e. The molecule has 3 heteroatoms. The van der Waals surface area contributed by atoms with Crippen LogP contribution >= 0.6 is 22.6 Å². The number of hydrogen-bond donors (Lipinski definition) is 0. The van der Waals surface area contributed by atoms with Gasteiger partial charge in [0.25, 0.3) is 0 Å². The summed E-state index contributed by atoms with van der Waals surface area (Å²) < 4.78 is 5.93. The smallest absolute Gasteiger partial charge is 0.384 e. The van der Waals surface area contributed by atoms with Gasteiger partial charge in [0.1, 0.15) is 6.61 Å². The monoisotopic (exact) mass is 342 g/mol. The lowest BCUT2D eigenvalue weighted by Crippen LogP contribution is -2.10. The molecule has 0 fully saturated rings. The molecule has 0 spiro atoms. The molecule has 0 radical (unpaired) electrons. The second-order valence-corrected chi connectivity index (χ2v) is 5.09. The summed E-state index contributed by atoms with van der Waals surface area (Å²) in [6.07, 6.45) is 0. The summed E-state index contributed by atoms with van der Waals surface area (Å²) in [7, 11) is 0. The number of benzene rings is 1. The molecule has 2 nitrogen and oxygen atoms in total. The highest BCUT2D eigenvalue weighted by Gasteiger charge is 2.11. The van der Waals surface area contributed by atoms with Crippen LogP contribution < -0.4 is 0 Å². The van der Waals surface area contributed by atoms with Crippen LogP contribution in [0, 0.1) is 17.3 Å². The average Bonchev–Trinajstić information content (AvgIpc) is 2.35.